The molecule has 1 aromatic heterocycles. The molecule has 1 aliphatic carbocycles. The fourth-order valence-electron chi connectivity index (χ4n) is 4.12. The van der Waals surface area contributed by atoms with Gasteiger partial charge in [-0.05, 0) is 72.3 Å². The summed E-state index contributed by atoms with van der Waals surface area (Å²) in [6.07, 6.45) is -2.38. The Bertz CT molecular complexity index is 1290. The maximum atomic E-state index is 13.3. The summed E-state index contributed by atoms with van der Waals surface area (Å²) in [5, 5.41) is 0. The Morgan fingerprint density at radius 3 is 2.42 bits per heavy atom. The number of fused-ring (bicyclic) bond motifs is 1. The predicted octanol–water partition coefficient (Wildman–Crippen LogP) is 4.46. The van der Waals surface area contributed by atoms with Gasteiger partial charge in [-0.25, -0.2) is 0 Å². The molecule has 6 nitrogen and oxygen atoms in total. The summed E-state index contributed by atoms with van der Waals surface area (Å²) >= 11 is -2.31. The summed E-state index contributed by atoms with van der Waals surface area (Å²) in [5.74, 6) is -0.175. The number of hydrogen-bond acceptors (Lipinski definition) is 6. The lowest BCUT2D eigenvalue weighted by molar-refractivity contribution is -0.286. The second-order valence-corrected chi connectivity index (χ2v) is 9.18. The minimum atomic E-state index is -3.70. The Labute approximate surface area is 190 Å². The van der Waals surface area contributed by atoms with E-state index in [-0.39, 0.29) is 28.6 Å². The Hall–Kier alpha value is -3.17. The summed E-state index contributed by atoms with van der Waals surface area (Å²) < 4.78 is 57.9. The molecule has 1 atom stereocenters. The van der Waals surface area contributed by atoms with Crippen LogP contribution in [0, 0.1) is 6.92 Å². The monoisotopic (exact) mass is 470 g/mol. The van der Waals surface area contributed by atoms with Crippen LogP contribution in [0.1, 0.15) is 29.7 Å². The van der Waals surface area contributed by atoms with Crippen molar-refractivity contribution in [2.45, 2.75) is 42.8 Å². The Kier molecular flexibility index (Phi) is 5.06. The Morgan fingerprint density at radius 1 is 1.06 bits per heavy atom. The number of nitrogens with zero attached hydrogens (tertiary/aromatic N) is 1. The van der Waals surface area contributed by atoms with Gasteiger partial charge < -0.3 is 14.0 Å². The first kappa shape index (κ1) is 21.7. The van der Waals surface area contributed by atoms with Crippen molar-refractivity contribution in [2.75, 3.05) is 0 Å². The van der Waals surface area contributed by atoms with Gasteiger partial charge in [-0.2, -0.15) is 0 Å². The number of carbonyl (C=O) groups excluding carboxylic acids is 1. The zero-order chi connectivity index (χ0) is 23.4. The van der Waals surface area contributed by atoms with E-state index in [1.165, 1.54) is 24.3 Å². The Morgan fingerprint density at radius 2 is 1.76 bits per heavy atom. The van der Waals surface area contributed by atoms with E-state index in [0.717, 1.165) is 11.1 Å². The van der Waals surface area contributed by atoms with Crippen molar-refractivity contribution in [2.24, 2.45) is 0 Å². The van der Waals surface area contributed by atoms with Gasteiger partial charge in [-0.15, -0.1) is 8.78 Å². The summed E-state index contributed by atoms with van der Waals surface area (Å²) in [4.78, 5) is 18.1. The highest BCUT2D eigenvalue weighted by Crippen LogP contribution is 2.52. The van der Waals surface area contributed by atoms with Crippen molar-refractivity contribution in [3.8, 4) is 22.8 Å². The van der Waals surface area contributed by atoms with Crippen molar-refractivity contribution in [1.82, 2.24) is 4.98 Å². The summed E-state index contributed by atoms with van der Waals surface area (Å²) in [5.41, 5.74) is 2.76. The van der Waals surface area contributed by atoms with Crippen LogP contribution >= 0.6 is 0 Å². The minimum absolute atomic E-state index is 0.0486. The third-order valence-electron chi connectivity index (χ3n) is 6.05. The van der Waals surface area contributed by atoms with E-state index < -0.39 is 22.8 Å². The lowest BCUT2D eigenvalue weighted by atomic mass is 9.88. The zero-order valence-electron chi connectivity index (χ0n) is 17.5. The van der Waals surface area contributed by atoms with Crippen molar-refractivity contribution in [3.05, 3.63) is 71.4 Å². The fraction of sp³-hybridized carbons (Fsp3) is 0.250. The van der Waals surface area contributed by atoms with Crippen molar-refractivity contribution >= 4 is 16.9 Å². The molecule has 170 valence electrons. The number of rotatable bonds is 6. The zero-order valence-corrected chi connectivity index (χ0v) is 18.3. The maximum absolute atomic E-state index is 13.3. The van der Waals surface area contributed by atoms with E-state index >= 15 is 0 Å². The highest BCUT2D eigenvalue weighted by atomic mass is 32.2. The number of Topliss-reactive ketones (excluding diaryl/α,β-unsaturated/α-hetero) is 1. The molecule has 1 saturated carbocycles. The van der Waals surface area contributed by atoms with Crippen LogP contribution in [0.5, 0.6) is 11.5 Å². The first-order valence-corrected chi connectivity index (χ1v) is 11.3. The molecule has 2 aromatic carbocycles. The molecule has 0 amide bonds. The number of hydrogen-bond donors (Lipinski definition) is 0. The molecule has 0 bridgehead atoms. The molecule has 0 saturated heterocycles. The average Bonchev–Trinajstić information content (AvgIpc) is 3.52. The normalized spacial score (nSPS) is 18.1. The van der Waals surface area contributed by atoms with Gasteiger partial charge in [0.15, 0.2) is 11.5 Å². The number of carbonyl (C=O) groups is 1. The number of aryl methyl sites for hydroxylation is 1. The second-order valence-electron chi connectivity index (χ2n) is 8.24. The number of pyridine rings is 1. The van der Waals surface area contributed by atoms with Gasteiger partial charge in [0.25, 0.3) is 0 Å². The van der Waals surface area contributed by atoms with Crippen LogP contribution in [0.15, 0.2) is 59.5 Å². The summed E-state index contributed by atoms with van der Waals surface area (Å²) in [7, 11) is 0. The average molecular weight is 470 g/mol. The molecule has 1 unspecified atom stereocenters. The van der Waals surface area contributed by atoms with Gasteiger partial charge in [-0.1, -0.05) is 24.3 Å². The molecule has 33 heavy (non-hydrogen) atoms. The fourth-order valence-corrected chi connectivity index (χ4v) is 4.48. The lowest BCUT2D eigenvalue weighted by Gasteiger charge is -2.16. The quantitative estimate of drug-likeness (QED) is 0.495. The third kappa shape index (κ3) is 4.02. The number of alkyl halides is 2. The smallest absolute Gasteiger partial charge is 0.586 e. The topological polar surface area (TPSA) is 88.6 Å². The SMILES string of the molecule is Cc1ccc(CC(=O)C2(c3ccc4c(c3)OC(F)(F)O4)CC2)nc1-c1ccc(S(=O)[O-])cc1. The predicted molar refractivity (Wildman–Crippen MR) is 114 cm³/mol. The number of halogens is 2. The molecule has 2 aliphatic rings. The van der Waals surface area contributed by atoms with Crippen LogP contribution in [-0.2, 0) is 27.7 Å². The number of ether oxygens (including phenoxy) is 2. The summed E-state index contributed by atoms with van der Waals surface area (Å²) in [6.45, 7) is 1.89. The van der Waals surface area contributed by atoms with E-state index in [0.29, 0.717) is 29.8 Å². The van der Waals surface area contributed by atoms with Gasteiger partial charge >= 0.3 is 6.29 Å². The molecule has 5 rings (SSSR count). The van der Waals surface area contributed by atoms with Crippen LogP contribution in [0.25, 0.3) is 11.3 Å². The number of benzene rings is 2. The van der Waals surface area contributed by atoms with Crippen molar-refractivity contribution in [1.29, 1.82) is 0 Å². The first-order chi connectivity index (χ1) is 15.7. The van der Waals surface area contributed by atoms with Crippen LogP contribution in [0.2, 0.25) is 0 Å². The van der Waals surface area contributed by atoms with Crippen LogP contribution in [-0.4, -0.2) is 25.8 Å². The molecular formula is C24H18F2NO5S-. The molecule has 1 aliphatic heterocycles. The summed E-state index contributed by atoms with van der Waals surface area (Å²) in [6, 6.07) is 14.5. The van der Waals surface area contributed by atoms with E-state index in [4.69, 9.17) is 0 Å². The molecule has 1 fully saturated rings. The lowest BCUT2D eigenvalue weighted by Crippen LogP contribution is -2.26. The minimum Gasteiger partial charge on any atom is -0.768 e. The van der Waals surface area contributed by atoms with Crippen LogP contribution < -0.4 is 9.47 Å². The Balaban J connectivity index is 1.38. The first-order valence-electron chi connectivity index (χ1n) is 10.3. The third-order valence-corrected chi connectivity index (χ3v) is 6.71. The molecule has 3 aromatic rings. The maximum Gasteiger partial charge on any atom is 0.586 e. The molecule has 2 heterocycles. The van der Waals surface area contributed by atoms with Crippen molar-refractivity contribution in [3.63, 3.8) is 0 Å². The number of aromatic nitrogens is 1. The van der Waals surface area contributed by atoms with Crippen LogP contribution in [0.3, 0.4) is 0 Å². The van der Waals surface area contributed by atoms with E-state index in [1.807, 2.05) is 13.0 Å². The van der Waals surface area contributed by atoms with Gasteiger partial charge in [-0.3, -0.25) is 14.0 Å². The standard InChI is InChI=1S/C24H19F2NO5S/c1-14-2-6-17(27-22(14)15-3-7-18(8-4-15)33(29)30)13-21(28)23(10-11-23)16-5-9-19-20(12-16)32-24(25,26)31-19/h2-9,12H,10-11,13H2,1H3,(H,29,30)/p-1. The molecule has 0 N–H and O–H groups in total. The number of ketones is 1. The van der Waals surface area contributed by atoms with E-state index in [2.05, 4.69) is 14.5 Å². The molecule has 0 spiro atoms. The molecular weight excluding hydrogens is 452 g/mol. The molecule has 9 heteroatoms. The van der Waals surface area contributed by atoms with Gasteiger partial charge in [0.1, 0.15) is 5.78 Å². The second kappa shape index (κ2) is 7.71. The van der Waals surface area contributed by atoms with Gasteiger partial charge in [0.2, 0.25) is 0 Å². The molecule has 0 radical (unpaired) electrons. The van der Waals surface area contributed by atoms with E-state index in [1.54, 1.807) is 24.3 Å². The van der Waals surface area contributed by atoms with Gasteiger partial charge in [0.05, 0.1) is 11.1 Å². The highest BCUT2D eigenvalue weighted by molar-refractivity contribution is 7.79. The highest BCUT2D eigenvalue weighted by Gasteiger charge is 2.52. The van der Waals surface area contributed by atoms with Gasteiger partial charge in [0, 0.05) is 22.6 Å². The van der Waals surface area contributed by atoms with Crippen molar-refractivity contribution < 1.29 is 31.8 Å². The van der Waals surface area contributed by atoms with Crippen LogP contribution in [0.4, 0.5) is 8.78 Å². The van der Waals surface area contributed by atoms with E-state index in [9.17, 15) is 22.3 Å². The largest absolute Gasteiger partial charge is 0.768 e.